The normalized spacial score (nSPS) is 10.7. The molecule has 0 atom stereocenters. The molecule has 2 nitrogen and oxygen atoms in total. The molecule has 0 saturated heterocycles. The van der Waals surface area contributed by atoms with E-state index in [1.165, 1.54) is 10.8 Å². The van der Waals surface area contributed by atoms with E-state index in [1.54, 1.807) is 7.11 Å². The van der Waals surface area contributed by atoms with Gasteiger partial charge in [-0.2, -0.15) is 0 Å². The maximum Gasteiger partial charge on any atom is 0.119 e. The van der Waals surface area contributed by atoms with Crippen LogP contribution in [0.4, 0.5) is 5.69 Å². The van der Waals surface area contributed by atoms with Gasteiger partial charge in [0.2, 0.25) is 0 Å². The minimum absolute atomic E-state index is 0.595. The van der Waals surface area contributed by atoms with E-state index in [4.69, 9.17) is 27.9 Å². The predicted molar refractivity (Wildman–Crippen MR) is 84.2 cm³/mol. The maximum atomic E-state index is 5.84. The Morgan fingerprint density at radius 3 is 2.21 bits per heavy atom. The second kappa shape index (κ2) is 6.88. The molecule has 0 bridgehead atoms. The highest BCUT2D eigenvalue weighted by molar-refractivity contribution is 6.18. The SMILES string of the molecule is COc1ccc2cc(N(CCCl)CCCl)ccc2c1. The number of alkyl halides is 2. The molecule has 2 rings (SSSR count). The van der Waals surface area contributed by atoms with E-state index in [1.807, 2.05) is 12.1 Å². The molecule has 2 aromatic carbocycles. The second-order valence-corrected chi connectivity index (χ2v) is 5.02. The smallest absolute Gasteiger partial charge is 0.119 e. The monoisotopic (exact) mass is 297 g/mol. The van der Waals surface area contributed by atoms with Crippen LogP contribution in [0.15, 0.2) is 36.4 Å². The van der Waals surface area contributed by atoms with Crippen molar-refractivity contribution in [3.63, 3.8) is 0 Å². The lowest BCUT2D eigenvalue weighted by Gasteiger charge is -2.23. The van der Waals surface area contributed by atoms with E-state index >= 15 is 0 Å². The third kappa shape index (κ3) is 3.46. The molecule has 0 saturated carbocycles. The molecule has 0 radical (unpaired) electrons. The zero-order chi connectivity index (χ0) is 13.7. The highest BCUT2D eigenvalue weighted by Gasteiger charge is 2.06. The molecular weight excluding hydrogens is 281 g/mol. The summed E-state index contributed by atoms with van der Waals surface area (Å²) in [6, 6.07) is 12.4. The molecular formula is C15H17Cl2NO. The van der Waals surface area contributed by atoms with Crippen molar-refractivity contribution in [2.24, 2.45) is 0 Å². The van der Waals surface area contributed by atoms with Crippen LogP contribution in [0.2, 0.25) is 0 Å². The number of methoxy groups -OCH3 is 1. The lowest BCUT2D eigenvalue weighted by Crippen LogP contribution is -2.27. The molecule has 0 heterocycles. The van der Waals surface area contributed by atoms with Gasteiger partial charge in [0.05, 0.1) is 7.11 Å². The van der Waals surface area contributed by atoms with Crippen molar-refractivity contribution in [3.05, 3.63) is 36.4 Å². The Bertz CT molecular complexity index is 539. The first-order chi connectivity index (χ1) is 9.28. The Kier molecular flexibility index (Phi) is 5.17. The lowest BCUT2D eigenvalue weighted by molar-refractivity contribution is 0.415. The molecule has 19 heavy (non-hydrogen) atoms. The number of ether oxygens (including phenoxy) is 1. The number of hydrogen-bond acceptors (Lipinski definition) is 2. The molecule has 0 N–H and O–H groups in total. The number of anilines is 1. The zero-order valence-corrected chi connectivity index (χ0v) is 12.4. The number of fused-ring (bicyclic) bond motifs is 1. The average Bonchev–Trinajstić information content (AvgIpc) is 2.46. The van der Waals surface area contributed by atoms with Gasteiger partial charge in [0.25, 0.3) is 0 Å². The van der Waals surface area contributed by atoms with Crippen LogP contribution in [0.25, 0.3) is 10.8 Å². The van der Waals surface area contributed by atoms with Gasteiger partial charge in [-0.25, -0.2) is 0 Å². The summed E-state index contributed by atoms with van der Waals surface area (Å²) in [4.78, 5) is 2.20. The van der Waals surface area contributed by atoms with Crippen LogP contribution in [-0.4, -0.2) is 32.0 Å². The summed E-state index contributed by atoms with van der Waals surface area (Å²) in [5, 5.41) is 2.35. The van der Waals surface area contributed by atoms with Crippen molar-refractivity contribution in [1.29, 1.82) is 0 Å². The fraction of sp³-hybridized carbons (Fsp3) is 0.333. The molecule has 102 valence electrons. The summed E-state index contributed by atoms with van der Waals surface area (Å²) in [6.07, 6.45) is 0. The largest absolute Gasteiger partial charge is 0.497 e. The van der Waals surface area contributed by atoms with E-state index in [9.17, 15) is 0 Å². The Balaban J connectivity index is 2.34. The zero-order valence-electron chi connectivity index (χ0n) is 10.9. The Morgan fingerprint density at radius 2 is 1.58 bits per heavy atom. The molecule has 0 aliphatic carbocycles. The van der Waals surface area contributed by atoms with Crippen molar-refractivity contribution in [1.82, 2.24) is 0 Å². The third-order valence-corrected chi connectivity index (χ3v) is 3.44. The van der Waals surface area contributed by atoms with E-state index in [2.05, 4.69) is 29.2 Å². The van der Waals surface area contributed by atoms with Gasteiger partial charge in [0.1, 0.15) is 5.75 Å². The topological polar surface area (TPSA) is 12.5 Å². The minimum Gasteiger partial charge on any atom is -0.497 e. The Morgan fingerprint density at radius 1 is 0.947 bits per heavy atom. The van der Waals surface area contributed by atoms with Gasteiger partial charge >= 0.3 is 0 Å². The van der Waals surface area contributed by atoms with Crippen LogP contribution < -0.4 is 9.64 Å². The van der Waals surface area contributed by atoms with Crippen LogP contribution in [-0.2, 0) is 0 Å². The van der Waals surface area contributed by atoms with Crippen LogP contribution in [0.1, 0.15) is 0 Å². The standard InChI is InChI=1S/C15H17Cl2NO/c1-19-15-5-3-12-10-14(4-2-13(12)11-15)18(8-6-16)9-7-17/h2-5,10-11H,6-9H2,1H3. The van der Waals surface area contributed by atoms with Gasteiger partial charge in [-0.15, -0.1) is 23.2 Å². The van der Waals surface area contributed by atoms with E-state index in [0.29, 0.717) is 11.8 Å². The molecule has 0 aliphatic heterocycles. The first kappa shape index (κ1) is 14.3. The molecule has 0 fully saturated rings. The molecule has 0 unspecified atom stereocenters. The number of nitrogens with zero attached hydrogens (tertiary/aromatic N) is 1. The number of halogens is 2. The molecule has 4 heteroatoms. The van der Waals surface area contributed by atoms with Crippen LogP contribution in [0.5, 0.6) is 5.75 Å². The minimum atomic E-state index is 0.595. The van der Waals surface area contributed by atoms with E-state index in [-0.39, 0.29) is 0 Å². The van der Waals surface area contributed by atoms with Gasteiger partial charge in [-0.1, -0.05) is 12.1 Å². The summed E-state index contributed by atoms with van der Waals surface area (Å²) in [5.74, 6) is 2.06. The molecule has 0 aliphatic rings. The summed E-state index contributed by atoms with van der Waals surface area (Å²) >= 11 is 11.7. The van der Waals surface area contributed by atoms with Gasteiger partial charge in [0.15, 0.2) is 0 Å². The van der Waals surface area contributed by atoms with Crippen molar-refractivity contribution in [2.45, 2.75) is 0 Å². The van der Waals surface area contributed by atoms with Gasteiger partial charge in [-0.3, -0.25) is 0 Å². The van der Waals surface area contributed by atoms with Crippen LogP contribution in [0, 0.1) is 0 Å². The fourth-order valence-electron chi connectivity index (χ4n) is 2.11. The highest BCUT2D eigenvalue weighted by atomic mass is 35.5. The predicted octanol–water partition coefficient (Wildman–Crippen LogP) is 4.13. The summed E-state index contributed by atoms with van der Waals surface area (Å²) < 4.78 is 5.23. The van der Waals surface area contributed by atoms with Crippen LogP contribution >= 0.6 is 23.2 Å². The molecule has 2 aromatic rings. The van der Waals surface area contributed by atoms with E-state index < -0.39 is 0 Å². The average molecular weight is 298 g/mol. The summed E-state index contributed by atoms with van der Waals surface area (Å²) in [7, 11) is 1.68. The molecule has 0 amide bonds. The Hall–Kier alpha value is -1.12. The first-order valence-corrected chi connectivity index (χ1v) is 7.30. The van der Waals surface area contributed by atoms with Gasteiger partial charge in [0, 0.05) is 30.5 Å². The summed E-state index contributed by atoms with van der Waals surface area (Å²) in [6.45, 7) is 1.60. The van der Waals surface area contributed by atoms with Crippen LogP contribution in [0.3, 0.4) is 0 Å². The van der Waals surface area contributed by atoms with Crippen molar-refractivity contribution < 1.29 is 4.74 Å². The maximum absolute atomic E-state index is 5.84. The molecule has 0 spiro atoms. The first-order valence-electron chi connectivity index (χ1n) is 6.23. The van der Waals surface area contributed by atoms with Crippen molar-refractivity contribution in [2.75, 3.05) is 36.9 Å². The molecule has 0 aromatic heterocycles. The number of rotatable bonds is 6. The van der Waals surface area contributed by atoms with Crippen molar-refractivity contribution in [3.8, 4) is 5.75 Å². The van der Waals surface area contributed by atoms with E-state index in [0.717, 1.165) is 24.5 Å². The highest BCUT2D eigenvalue weighted by Crippen LogP contribution is 2.25. The quantitative estimate of drug-likeness (QED) is 0.743. The lowest BCUT2D eigenvalue weighted by atomic mass is 10.1. The number of hydrogen-bond donors (Lipinski definition) is 0. The summed E-state index contributed by atoms with van der Waals surface area (Å²) in [5.41, 5.74) is 1.15. The Labute approximate surface area is 123 Å². The number of benzene rings is 2. The second-order valence-electron chi connectivity index (χ2n) is 4.26. The van der Waals surface area contributed by atoms with Crippen molar-refractivity contribution >= 4 is 39.7 Å². The van der Waals surface area contributed by atoms with Gasteiger partial charge < -0.3 is 9.64 Å². The van der Waals surface area contributed by atoms with Gasteiger partial charge in [-0.05, 0) is 35.0 Å². The third-order valence-electron chi connectivity index (χ3n) is 3.11. The fourth-order valence-corrected chi connectivity index (χ4v) is 2.52.